The molecule has 1 saturated carbocycles. The third kappa shape index (κ3) is 4.75. The molecule has 1 heterocycles. The highest BCUT2D eigenvalue weighted by Crippen LogP contribution is 2.30. The topological polar surface area (TPSA) is 45.1 Å². The molecule has 0 aromatic carbocycles. The van der Waals surface area contributed by atoms with Crippen LogP contribution in [0.25, 0.3) is 0 Å². The minimum Gasteiger partial charge on any atom is -0.395 e. The number of rotatable bonds is 6. The summed E-state index contributed by atoms with van der Waals surface area (Å²) < 4.78 is 14.0. The van der Waals surface area contributed by atoms with Crippen molar-refractivity contribution in [2.24, 2.45) is 5.92 Å². The molecule has 2 N–H and O–H groups in total. The van der Waals surface area contributed by atoms with E-state index in [9.17, 15) is 9.50 Å². The molecule has 0 unspecified atom stereocenters. The summed E-state index contributed by atoms with van der Waals surface area (Å²) in [5, 5.41) is 12.6. The number of halogens is 1. The van der Waals surface area contributed by atoms with Crippen molar-refractivity contribution < 1.29 is 9.50 Å². The molecule has 1 aromatic rings. The van der Waals surface area contributed by atoms with E-state index >= 15 is 0 Å². The van der Waals surface area contributed by atoms with E-state index in [1.165, 1.54) is 25.7 Å². The minimum atomic E-state index is -0.259. The summed E-state index contributed by atoms with van der Waals surface area (Å²) in [7, 11) is 0. The molecule has 2 rings (SSSR count). The maximum absolute atomic E-state index is 14.0. The van der Waals surface area contributed by atoms with Crippen molar-refractivity contribution >= 4 is 0 Å². The first-order valence-electron chi connectivity index (χ1n) is 8.61. The van der Waals surface area contributed by atoms with Gasteiger partial charge >= 0.3 is 0 Å². The van der Waals surface area contributed by atoms with E-state index in [4.69, 9.17) is 0 Å². The third-order valence-electron chi connectivity index (χ3n) is 4.75. The van der Waals surface area contributed by atoms with Crippen LogP contribution in [0.3, 0.4) is 0 Å². The second-order valence-corrected chi connectivity index (χ2v) is 6.77. The number of pyridine rings is 1. The largest absolute Gasteiger partial charge is 0.395 e. The molecule has 4 heteroatoms. The monoisotopic (exact) mass is 308 g/mol. The van der Waals surface area contributed by atoms with E-state index in [0.717, 1.165) is 18.5 Å². The van der Waals surface area contributed by atoms with Crippen molar-refractivity contribution in [3.05, 3.63) is 29.3 Å². The predicted octanol–water partition coefficient (Wildman–Crippen LogP) is 3.77. The van der Waals surface area contributed by atoms with Gasteiger partial charge in [-0.05, 0) is 30.9 Å². The quantitative estimate of drug-likeness (QED) is 0.786. The second-order valence-electron chi connectivity index (χ2n) is 6.77. The zero-order valence-electron chi connectivity index (χ0n) is 13.8. The Morgan fingerprint density at radius 2 is 1.91 bits per heavy atom. The van der Waals surface area contributed by atoms with Gasteiger partial charge in [0.1, 0.15) is 5.82 Å². The van der Waals surface area contributed by atoms with Gasteiger partial charge in [-0.1, -0.05) is 39.5 Å². The minimum absolute atomic E-state index is 0.0252. The van der Waals surface area contributed by atoms with Crippen LogP contribution in [0.2, 0.25) is 0 Å². The summed E-state index contributed by atoms with van der Waals surface area (Å²) in [6, 6.07) is 3.37. The van der Waals surface area contributed by atoms with E-state index in [1.807, 2.05) is 19.9 Å². The van der Waals surface area contributed by atoms with Gasteiger partial charge in [0, 0.05) is 24.2 Å². The van der Waals surface area contributed by atoms with E-state index in [1.54, 1.807) is 6.07 Å². The number of hydrogen-bond donors (Lipinski definition) is 2. The average molecular weight is 308 g/mol. The first-order chi connectivity index (χ1) is 10.6. The van der Waals surface area contributed by atoms with Crippen LogP contribution in [0.4, 0.5) is 4.39 Å². The summed E-state index contributed by atoms with van der Waals surface area (Å²) in [5.74, 6) is 0.518. The van der Waals surface area contributed by atoms with Crippen molar-refractivity contribution in [1.29, 1.82) is 0 Å². The van der Waals surface area contributed by atoms with Gasteiger partial charge in [0.05, 0.1) is 12.3 Å². The lowest BCUT2D eigenvalue weighted by Crippen LogP contribution is -2.37. The molecule has 1 aliphatic rings. The Kier molecular flexibility index (Phi) is 6.77. The zero-order valence-corrected chi connectivity index (χ0v) is 13.8. The normalized spacial score (nSPS) is 18.4. The summed E-state index contributed by atoms with van der Waals surface area (Å²) >= 11 is 0. The van der Waals surface area contributed by atoms with Crippen molar-refractivity contribution in [1.82, 2.24) is 10.3 Å². The molecule has 1 aliphatic carbocycles. The first-order valence-corrected chi connectivity index (χ1v) is 8.61. The van der Waals surface area contributed by atoms with Crippen LogP contribution >= 0.6 is 0 Å². The number of aromatic nitrogens is 1. The molecule has 22 heavy (non-hydrogen) atoms. The smallest absolute Gasteiger partial charge is 0.146 e. The Balaban J connectivity index is 2.05. The van der Waals surface area contributed by atoms with Crippen molar-refractivity contribution in [2.75, 3.05) is 6.61 Å². The van der Waals surface area contributed by atoms with Gasteiger partial charge in [-0.2, -0.15) is 0 Å². The molecule has 3 nitrogen and oxygen atoms in total. The van der Waals surface area contributed by atoms with Crippen LogP contribution in [0.5, 0.6) is 0 Å². The third-order valence-corrected chi connectivity index (χ3v) is 4.75. The Hall–Kier alpha value is -1.00. The van der Waals surface area contributed by atoms with Crippen molar-refractivity contribution in [2.45, 2.75) is 70.9 Å². The molecule has 0 bridgehead atoms. The lowest BCUT2D eigenvalue weighted by molar-refractivity contribution is 0.209. The summed E-state index contributed by atoms with van der Waals surface area (Å²) in [5.41, 5.74) is 1.51. The van der Waals surface area contributed by atoms with Crippen LogP contribution < -0.4 is 5.32 Å². The highest BCUT2D eigenvalue weighted by atomic mass is 19.1. The summed E-state index contributed by atoms with van der Waals surface area (Å²) in [4.78, 5) is 4.58. The molecule has 0 spiro atoms. The van der Waals surface area contributed by atoms with Gasteiger partial charge in [0.25, 0.3) is 0 Å². The van der Waals surface area contributed by atoms with Crippen LogP contribution in [0.15, 0.2) is 12.1 Å². The lowest BCUT2D eigenvalue weighted by Gasteiger charge is -2.20. The summed E-state index contributed by atoms with van der Waals surface area (Å²) in [6.45, 7) is 4.51. The van der Waals surface area contributed by atoms with Gasteiger partial charge in [-0.3, -0.25) is 4.98 Å². The lowest BCUT2D eigenvalue weighted by atomic mass is 9.96. The average Bonchev–Trinajstić information content (AvgIpc) is 2.78. The molecular weight excluding hydrogens is 279 g/mol. The Morgan fingerprint density at radius 3 is 2.50 bits per heavy atom. The molecule has 0 amide bonds. The molecular formula is C18H29FN2O. The maximum atomic E-state index is 14.0. The van der Waals surface area contributed by atoms with E-state index < -0.39 is 0 Å². The van der Waals surface area contributed by atoms with Crippen LogP contribution in [0.1, 0.15) is 69.7 Å². The van der Waals surface area contributed by atoms with Gasteiger partial charge in [0.2, 0.25) is 0 Å². The molecule has 1 aromatic heterocycles. The first kappa shape index (κ1) is 17.4. The molecule has 0 saturated heterocycles. The van der Waals surface area contributed by atoms with E-state index in [0.29, 0.717) is 24.1 Å². The summed E-state index contributed by atoms with van der Waals surface area (Å²) in [6.07, 6.45) is 7.43. The predicted molar refractivity (Wildman–Crippen MR) is 87.2 cm³/mol. The molecule has 1 atom stereocenters. The van der Waals surface area contributed by atoms with Gasteiger partial charge < -0.3 is 10.4 Å². The highest BCUT2D eigenvalue weighted by Gasteiger charge is 2.18. The van der Waals surface area contributed by atoms with Gasteiger partial charge in [0.15, 0.2) is 0 Å². The van der Waals surface area contributed by atoms with Crippen LogP contribution in [-0.2, 0) is 6.54 Å². The maximum Gasteiger partial charge on any atom is 0.146 e. The Morgan fingerprint density at radius 1 is 1.23 bits per heavy atom. The number of aliphatic hydroxyl groups excluding tert-OH is 1. The number of hydrogen-bond acceptors (Lipinski definition) is 3. The van der Waals surface area contributed by atoms with Crippen LogP contribution in [0, 0.1) is 11.7 Å². The molecule has 1 fully saturated rings. The highest BCUT2D eigenvalue weighted by molar-refractivity contribution is 5.17. The molecule has 124 valence electrons. The van der Waals surface area contributed by atoms with E-state index in [-0.39, 0.29) is 18.5 Å². The van der Waals surface area contributed by atoms with Gasteiger partial charge in [-0.15, -0.1) is 0 Å². The fourth-order valence-electron chi connectivity index (χ4n) is 3.17. The number of nitrogens with one attached hydrogen (secondary N) is 1. The number of nitrogens with zero attached hydrogens (tertiary/aromatic N) is 1. The van der Waals surface area contributed by atoms with Crippen molar-refractivity contribution in [3.8, 4) is 0 Å². The van der Waals surface area contributed by atoms with Gasteiger partial charge in [-0.25, -0.2) is 4.39 Å². The SMILES string of the molecule is CC(C)[C@H](CO)NCc1nc(C2CCCCCC2)ccc1F. The fraction of sp³-hybridized carbons (Fsp3) is 0.722. The molecule has 0 aliphatic heterocycles. The fourth-order valence-corrected chi connectivity index (χ4v) is 3.17. The van der Waals surface area contributed by atoms with Crippen molar-refractivity contribution in [3.63, 3.8) is 0 Å². The number of aliphatic hydroxyl groups is 1. The van der Waals surface area contributed by atoms with E-state index in [2.05, 4.69) is 10.3 Å². The Bertz CT molecular complexity index is 456. The van der Waals surface area contributed by atoms with Crippen LogP contribution in [-0.4, -0.2) is 22.7 Å². The standard InChI is InChI=1S/C18H29FN2O/c1-13(2)18(12-22)20-11-17-15(19)9-10-16(21-17)14-7-5-3-4-6-8-14/h9-10,13-14,18,20,22H,3-8,11-12H2,1-2H3/t18-/m0/s1. The zero-order chi connectivity index (χ0) is 15.9. The molecule has 0 radical (unpaired) electrons. The Labute approximate surface area is 133 Å². The second kappa shape index (κ2) is 8.59.